The number of fused-ring (bicyclic) bond motifs is 1. The molecule has 136 valence electrons. The van der Waals surface area contributed by atoms with Crippen LogP contribution in [-0.4, -0.2) is 22.7 Å². The fourth-order valence-electron chi connectivity index (χ4n) is 3.65. The third-order valence-electron chi connectivity index (χ3n) is 5.04. The van der Waals surface area contributed by atoms with E-state index in [4.69, 9.17) is 21.9 Å². The minimum Gasteiger partial charge on any atom is -0.404 e. The smallest absolute Gasteiger partial charge is 0.131 e. The predicted octanol–water partition coefficient (Wildman–Crippen LogP) is 3.25. The highest BCUT2D eigenvalue weighted by Gasteiger charge is 2.20. The Morgan fingerprint density at radius 2 is 2.11 bits per heavy atom. The highest BCUT2D eigenvalue weighted by Crippen LogP contribution is 2.33. The quantitative estimate of drug-likeness (QED) is 0.535. The van der Waals surface area contributed by atoms with Crippen LogP contribution in [0.4, 0.5) is 5.82 Å². The SMILES string of the molecule is N=C/C(=C\N)c1cc(-c2cc(C3CCCN3)c3ccccc3n2)cnc1N. The lowest BCUT2D eigenvalue weighted by molar-refractivity contribution is 0.652. The molecular weight excluding hydrogens is 336 g/mol. The Kier molecular flexibility index (Phi) is 4.56. The monoisotopic (exact) mass is 358 g/mol. The van der Waals surface area contributed by atoms with Gasteiger partial charge in [0.25, 0.3) is 0 Å². The van der Waals surface area contributed by atoms with Crippen LogP contribution in [0.25, 0.3) is 27.7 Å². The lowest BCUT2D eigenvalue weighted by Crippen LogP contribution is -2.13. The maximum atomic E-state index is 7.54. The number of nitrogens with one attached hydrogen (secondary N) is 2. The maximum absolute atomic E-state index is 7.54. The molecule has 0 radical (unpaired) electrons. The van der Waals surface area contributed by atoms with Crippen LogP contribution in [0.15, 0.2) is 48.8 Å². The molecule has 1 unspecified atom stereocenters. The second-order valence-electron chi connectivity index (χ2n) is 6.69. The minimum atomic E-state index is 0.332. The fourth-order valence-corrected chi connectivity index (χ4v) is 3.65. The summed E-state index contributed by atoms with van der Waals surface area (Å²) in [6.45, 7) is 1.04. The van der Waals surface area contributed by atoms with Gasteiger partial charge in [-0.15, -0.1) is 0 Å². The van der Waals surface area contributed by atoms with Crippen molar-refractivity contribution in [3.8, 4) is 11.3 Å². The summed E-state index contributed by atoms with van der Waals surface area (Å²) in [4.78, 5) is 9.14. The summed E-state index contributed by atoms with van der Waals surface area (Å²) in [6.07, 6.45) is 6.56. The molecule has 4 rings (SSSR count). The van der Waals surface area contributed by atoms with Crippen molar-refractivity contribution in [2.24, 2.45) is 5.73 Å². The van der Waals surface area contributed by atoms with Crippen molar-refractivity contribution in [3.05, 3.63) is 59.9 Å². The molecule has 0 amide bonds. The largest absolute Gasteiger partial charge is 0.404 e. The van der Waals surface area contributed by atoms with Crippen molar-refractivity contribution in [1.82, 2.24) is 15.3 Å². The Morgan fingerprint density at radius 1 is 1.26 bits per heavy atom. The maximum Gasteiger partial charge on any atom is 0.131 e. The van der Waals surface area contributed by atoms with Gasteiger partial charge in [-0.25, -0.2) is 9.97 Å². The number of para-hydroxylation sites is 1. The van der Waals surface area contributed by atoms with E-state index in [1.54, 1.807) is 6.20 Å². The van der Waals surface area contributed by atoms with Crippen molar-refractivity contribution >= 4 is 28.5 Å². The van der Waals surface area contributed by atoms with Crippen molar-refractivity contribution in [1.29, 1.82) is 5.41 Å². The molecule has 1 fully saturated rings. The van der Waals surface area contributed by atoms with E-state index in [1.807, 2.05) is 24.3 Å². The van der Waals surface area contributed by atoms with Crippen LogP contribution in [0.3, 0.4) is 0 Å². The average molecular weight is 358 g/mol. The molecule has 1 aromatic carbocycles. The fraction of sp³-hybridized carbons (Fsp3) is 0.190. The molecule has 6 heteroatoms. The summed E-state index contributed by atoms with van der Waals surface area (Å²) in [5, 5.41) is 12.3. The van der Waals surface area contributed by atoms with E-state index in [9.17, 15) is 0 Å². The Balaban J connectivity index is 1.89. The molecular formula is C21H22N6. The van der Waals surface area contributed by atoms with Crippen LogP contribution in [-0.2, 0) is 0 Å². The number of nitrogens with two attached hydrogens (primary N) is 2. The first-order chi connectivity index (χ1) is 13.2. The van der Waals surface area contributed by atoms with E-state index in [2.05, 4.69) is 22.4 Å². The van der Waals surface area contributed by atoms with Crippen molar-refractivity contribution in [2.45, 2.75) is 18.9 Å². The number of aromatic nitrogens is 2. The summed E-state index contributed by atoms with van der Waals surface area (Å²) in [7, 11) is 0. The van der Waals surface area contributed by atoms with E-state index in [0.717, 1.165) is 29.7 Å². The van der Waals surface area contributed by atoms with Crippen molar-refractivity contribution < 1.29 is 0 Å². The van der Waals surface area contributed by atoms with E-state index in [-0.39, 0.29) is 0 Å². The number of anilines is 1. The van der Waals surface area contributed by atoms with Crippen LogP contribution in [0.2, 0.25) is 0 Å². The molecule has 27 heavy (non-hydrogen) atoms. The molecule has 0 bridgehead atoms. The summed E-state index contributed by atoms with van der Waals surface area (Å²) in [5.74, 6) is 0.345. The van der Waals surface area contributed by atoms with Crippen LogP contribution in [0.1, 0.15) is 30.0 Å². The van der Waals surface area contributed by atoms with Gasteiger partial charge < -0.3 is 22.2 Å². The first kappa shape index (κ1) is 17.2. The second kappa shape index (κ2) is 7.17. The van der Waals surface area contributed by atoms with Gasteiger partial charge in [0, 0.05) is 46.7 Å². The lowest BCUT2D eigenvalue weighted by atomic mass is 9.97. The van der Waals surface area contributed by atoms with Gasteiger partial charge in [-0.3, -0.25) is 0 Å². The molecule has 1 aliphatic rings. The second-order valence-corrected chi connectivity index (χ2v) is 6.69. The minimum absolute atomic E-state index is 0.332. The lowest BCUT2D eigenvalue weighted by Gasteiger charge is -2.16. The van der Waals surface area contributed by atoms with Crippen LogP contribution < -0.4 is 16.8 Å². The van der Waals surface area contributed by atoms with Crippen LogP contribution in [0.5, 0.6) is 0 Å². The van der Waals surface area contributed by atoms with Crippen molar-refractivity contribution in [3.63, 3.8) is 0 Å². The van der Waals surface area contributed by atoms with E-state index >= 15 is 0 Å². The number of nitrogens with zero attached hydrogens (tertiary/aromatic N) is 2. The molecule has 0 spiro atoms. The summed E-state index contributed by atoms with van der Waals surface area (Å²) < 4.78 is 0. The van der Waals surface area contributed by atoms with Gasteiger partial charge in [0.05, 0.1) is 11.2 Å². The van der Waals surface area contributed by atoms with Gasteiger partial charge in [-0.1, -0.05) is 18.2 Å². The number of hydrogen-bond acceptors (Lipinski definition) is 6. The van der Waals surface area contributed by atoms with Gasteiger partial charge in [0.2, 0.25) is 0 Å². The van der Waals surface area contributed by atoms with Crippen molar-refractivity contribution in [2.75, 3.05) is 12.3 Å². The standard InChI is InChI=1S/C21H22N6/c22-10-14(11-23)16-8-13(12-26-21(16)24)20-9-17(18-6-3-7-25-18)15-4-1-2-5-19(15)27-20/h1-2,4-5,8-12,18,22,25H,3,6-7,23H2,(H2,24,26)/b14-11+,22-10?. The molecule has 3 heterocycles. The average Bonchev–Trinajstić information content (AvgIpc) is 3.24. The predicted molar refractivity (Wildman–Crippen MR) is 110 cm³/mol. The number of allylic oxidation sites excluding steroid dienone is 1. The van der Waals surface area contributed by atoms with E-state index in [1.165, 1.54) is 29.8 Å². The summed E-state index contributed by atoms with van der Waals surface area (Å²) in [6, 6.07) is 12.6. The number of hydrogen-bond donors (Lipinski definition) is 4. The normalized spacial score (nSPS) is 17.3. The molecule has 0 saturated carbocycles. The van der Waals surface area contributed by atoms with Crippen LogP contribution in [0, 0.1) is 5.41 Å². The van der Waals surface area contributed by atoms with E-state index in [0.29, 0.717) is 23.0 Å². The van der Waals surface area contributed by atoms with Gasteiger partial charge in [0.1, 0.15) is 5.82 Å². The molecule has 1 saturated heterocycles. The topological polar surface area (TPSA) is 114 Å². The summed E-state index contributed by atoms with van der Waals surface area (Å²) in [5.41, 5.74) is 16.7. The van der Waals surface area contributed by atoms with Gasteiger partial charge in [-0.05, 0) is 43.1 Å². The zero-order valence-corrected chi connectivity index (χ0v) is 14.9. The van der Waals surface area contributed by atoms with Gasteiger partial charge >= 0.3 is 0 Å². The molecule has 3 aromatic rings. The Bertz CT molecular complexity index is 1030. The molecule has 2 aromatic heterocycles. The van der Waals surface area contributed by atoms with Gasteiger partial charge in [-0.2, -0.15) is 0 Å². The molecule has 1 aliphatic heterocycles. The third-order valence-corrected chi connectivity index (χ3v) is 5.04. The Labute approximate surface area is 157 Å². The van der Waals surface area contributed by atoms with E-state index < -0.39 is 0 Å². The van der Waals surface area contributed by atoms with Crippen LogP contribution >= 0.6 is 0 Å². The highest BCUT2D eigenvalue weighted by atomic mass is 14.9. The Morgan fingerprint density at radius 3 is 2.85 bits per heavy atom. The highest BCUT2D eigenvalue weighted by molar-refractivity contribution is 6.10. The first-order valence-electron chi connectivity index (χ1n) is 9.03. The zero-order valence-electron chi connectivity index (χ0n) is 14.9. The zero-order chi connectivity index (χ0) is 18.8. The number of rotatable bonds is 4. The molecule has 0 aliphatic carbocycles. The number of pyridine rings is 2. The molecule has 1 atom stereocenters. The van der Waals surface area contributed by atoms with Gasteiger partial charge in [0.15, 0.2) is 0 Å². The number of benzene rings is 1. The molecule has 6 N–H and O–H groups in total. The number of nitrogen functional groups attached to an aromatic ring is 1. The molecule has 6 nitrogen and oxygen atoms in total. The summed E-state index contributed by atoms with van der Waals surface area (Å²) >= 11 is 0. The Hall–Kier alpha value is -3.25. The first-order valence-corrected chi connectivity index (χ1v) is 9.03. The third kappa shape index (κ3) is 3.15.